The van der Waals surface area contributed by atoms with Crippen LogP contribution in [-0.2, 0) is 6.42 Å². The van der Waals surface area contributed by atoms with Crippen molar-refractivity contribution in [3.05, 3.63) is 35.7 Å². The summed E-state index contributed by atoms with van der Waals surface area (Å²) in [6.45, 7) is 7.93. The van der Waals surface area contributed by atoms with Gasteiger partial charge >= 0.3 is 0 Å². The zero-order chi connectivity index (χ0) is 10.9. The Balaban J connectivity index is 2.21. The maximum absolute atomic E-state index is 3.42. The fourth-order valence-corrected chi connectivity index (χ4v) is 2.10. The highest BCUT2D eigenvalue weighted by Gasteiger charge is 2.14. The third-order valence-corrected chi connectivity index (χ3v) is 2.67. The molecule has 0 saturated carbocycles. The predicted molar refractivity (Wildman–Crippen MR) is 66.1 cm³/mol. The standard InChI is InChI=1S/C14H20N/c1-14(2,3)10-11-6-7-13-12(9-11)5-4-8-15-13/h5-7,9,15H,4,8,10H2,1-3H3. The lowest BCUT2D eigenvalue weighted by Crippen LogP contribution is -2.12. The Labute approximate surface area is 92.9 Å². The average Bonchev–Trinajstić information content (AvgIpc) is 2.15. The van der Waals surface area contributed by atoms with Gasteiger partial charge in [0.05, 0.1) is 0 Å². The summed E-state index contributed by atoms with van der Waals surface area (Å²) in [5, 5.41) is 3.42. The molecule has 1 N–H and O–H groups in total. The smallest absolute Gasteiger partial charge is 0.0375 e. The molecule has 81 valence electrons. The van der Waals surface area contributed by atoms with Gasteiger partial charge in [-0.3, -0.25) is 0 Å². The minimum atomic E-state index is 0.371. The van der Waals surface area contributed by atoms with Crippen LogP contribution in [0.4, 0.5) is 5.69 Å². The Hall–Kier alpha value is -0.980. The molecule has 0 amide bonds. The third-order valence-electron chi connectivity index (χ3n) is 2.67. The number of hydrogen-bond acceptors (Lipinski definition) is 1. The van der Waals surface area contributed by atoms with Gasteiger partial charge in [0.25, 0.3) is 0 Å². The second kappa shape index (κ2) is 3.88. The van der Waals surface area contributed by atoms with E-state index in [1.54, 1.807) is 0 Å². The van der Waals surface area contributed by atoms with Crippen LogP contribution in [0.5, 0.6) is 0 Å². The lowest BCUT2D eigenvalue weighted by Gasteiger charge is -2.22. The van der Waals surface area contributed by atoms with Crippen molar-refractivity contribution in [1.29, 1.82) is 0 Å². The third kappa shape index (κ3) is 2.74. The summed E-state index contributed by atoms with van der Waals surface area (Å²) in [7, 11) is 0. The fourth-order valence-electron chi connectivity index (χ4n) is 2.10. The maximum Gasteiger partial charge on any atom is 0.0375 e. The Morgan fingerprint density at radius 1 is 1.27 bits per heavy atom. The van der Waals surface area contributed by atoms with Crippen LogP contribution in [0.25, 0.3) is 0 Å². The van der Waals surface area contributed by atoms with E-state index in [4.69, 9.17) is 0 Å². The molecule has 0 aliphatic carbocycles. The van der Waals surface area contributed by atoms with Gasteiger partial charge in [0.2, 0.25) is 0 Å². The van der Waals surface area contributed by atoms with Crippen molar-refractivity contribution in [2.24, 2.45) is 5.41 Å². The number of rotatable bonds is 1. The molecule has 1 aliphatic rings. The molecular formula is C14H20N. The highest BCUT2D eigenvalue weighted by atomic mass is 14.9. The van der Waals surface area contributed by atoms with Crippen LogP contribution < -0.4 is 5.32 Å². The number of hydrogen-bond donors (Lipinski definition) is 1. The molecule has 0 atom stereocenters. The molecule has 0 saturated heterocycles. The molecule has 1 aromatic rings. The van der Waals surface area contributed by atoms with E-state index in [1.807, 2.05) is 0 Å². The molecule has 1 aromatic carbocycles. The summed E-state index contributed by atoms with van der Waals surface area (Å²) >= 11 is 0. The quantitative estimate of drug-likeness (QED) is 0.733. The van der Waals surface area contributed by atoms with Crippen LogP contribution in [0.2, 0.25) is 0 Å². The first-order valence-electron chi connectivity index (χ1n) is 5.75. The summed E-state index contributed by atoms with van der Waals surface area (Å²) in [6.07, 6.45) is 4.62. The monoisotopic (exact) mass is 202 g/mol. The van der Waals surface area contributed by atoms with E-state index in [2.05, 4.69) is 50.7 Å². The zero-order valence-electron chi connectivity index (χ0n) is 9.93. The van der Waals surface area contributed by atoms with Gasteiger partial charge < -0.3 is 5.32 Å². The van der Waals surface area contributed by atoms with Crippen molar-refractivity contribution in [1.82, 2.24) is 0 Å². The minimum absolute atomic E-state index is 0.371. The normalized spacial score (nSPS) is 15.7. The van der Waals surface area contributed by atoms with Crippen molar-refractivity contribution >= 4 is 5.69 Å². The fraction of sp³-hybridized carbons (Fsp3) is 0.500. The molecule has 1 heteroatoms. The molecule has 1 radical (unpaired) electrons. The largest absolute Gasteiger partial charge is 0.385 e. The molecule has 1 aliphatic heterocycles. The number of benzene rings is 1. The summed E-state index contributed by atoms with van der Waals surface area (Å²) < 4.78 is 0. The van der Waals surface area contributed by atoms with Crippen LogP contribution in [0, 0.1) is 11.8 Å². The molecule has 0 spiro atoms. The molecule has 0 fully saturated rings. The molecule has 2 rings (SSSR count). The Kier molecular flexibility index (Phi) is 2.72. The van der Waals surface area contributed by atoms with Gasteiger partial charge in [-0.1, -0.05) is 32.9 Å². The summed E-state index contributed by atoms with van der Waals surface area (Å²) in [4.78, 5) is 0. The molecule has 15 heavy (non-hydrogen) atoms. The van der Waals surface area contributed by atoms with Crippen molar-refractivity contribution in [2.45, 2.75) is 33.6 Å². The van der Waals surface area contributed by atoms with Crippen LogP contribution in [0.15, 0.2) is 18.2 Å². The van der Waals surface area contributed by atoms with E-state index in [9.17, 15) is 0 Å². The summed E-state index contributed by atoms with van der Waals surface area (Å²) in [5.74, 6) is 0. The lowest BCUT2D eigenvalue weighted by atomic mass is 9.87. The summed E-state index contributed by atoms with van der Waals surface area (Å²) in [5.41, 5.74) is 4.49. The first-order valence-corrected chi connectivity index (χ1v) is 5.75. The first kappa shape index (κ1) is 10.5. The van der Waals surface area contributed by atoms with Gasteiger partial charge in [0.15, 0.2) is 0 Å². The molecule has 0 bridgehead atoms. The molecule has 0 aromatic heterocycles. The SMILES string of the molecule is CC(C)(C)Cc1ccc2c(c1)[CH]CCN2. The van der Waals surface area contributed by atoms with Crippen LogP contribution >= 0.6 is 0 Å². The maximum atomic E-state index is 3.42. The highest BCUT2D eigenvalue weighted by molar-refractivity contribution is 5.57. The van der Waals surface area contributed by atoms with Crippen molar-refractivity contribution < 1.29 is 0 Å². The van der Waals surface area contributed by atoms with E-state index in [0.717, 1.165) is 19.4 Å². The Bertz CT molecular complexity index is 347. The van der Waals surface area contributed by atoms with E-state index >= 15 is 0 Å². The zero-order valence-corrected chi connectivity index (χ0v) is 9.93. The van der Waals surface area contributed by atoms with Crippen molar-refractivity contribution in [3.63, 3.8) is 0 Å². The van der Waals surface area contributed by atoms with Gasteiger partial charge in [-0.15, -0.1) is 0 Å². The lowest BCUT2D eigenvalue weighted by molar-refractivity contribution is 0.411. The van der Waals surface area contributed by atoms with Crippen molar-refractivity contribution in [3.8, 4) is 0 Å². The topological polar surface area (TPSA) is 12.0 Å². The van der Waals surface area contributed by atoms with Gasteiger partial charge in [0, 0.05) is 12.2 Å². The second-order valence-electron chi connectivity index (χ2n) is 5.58. The summed E-state index contributed by atoms with van der Waals surface area (Å²) in [6, 6.07) is 6.79. The van der Waals surface area contributed by atoms with Crippen LogP contribution in [0.1, 0.15) is 38.3 Å². The van der Waals surface area contributed by atoms with Crippen molar-refractivity contribution in [2.75, 3.05) is 11.9 Å². The number of fused-ring (bicyclic) bond motifs is 1. The molecule has 1 nitrogen and oxygen atoms in total. The highest BCUT2D eigenvalue weighted by Crippen LogP contribution is 2.27. The van der Waals surface area contributed by atoms with Gasteiger partial charge in [-0.25, -0.2) is 0 Å². The van der Waals surface area contributed by atoms with Crippen LogP contribution in [-0.4, -0.2) is 6.54 Å². The number of nitrogens with one attached hydrogen (secondary N) is 1. The van der Waals surface area contributed by atoms with Gasteiger partial charge in [-0.05, 0) is 41.9 Å². The number of anilines is 1. The Morgan fingerprint density at radius 2 is 2.07 bits per heavy atom. The van der Waals surface area contributed by atoms with Gasteiger partial charge in [-0.2, -0.15) is 0 Å². The van der Waals surface area contributed by atoms with E-state index in [-0.39, 0.29) is 0 Å². The average molecular weight is 202 g/mol. The van der Waals surface area contributed by atoms with E-state index < -0.39 is 0 Å². The molecule has 0 unspecified atom stereocenters. The minimum Gasteiger partial charge on any atom is -0.385 e. The van der Waals surface area contributed by atoms with Gasteiger partial charge in [0.1, 0.15) is 0 Å². The predicted octanol–water partition coefficient (Wildman–Crippen LogP) is 3.64. The molecular weight excluding hydrogens is 182 g/mol. The first-order chi connectivity index (χ1) is 7.04. The Morgan fingerprint density at radius 3 is 2.80 bits per heavy atom. The van der Waals surface area contributed by atoms with E-state index in [0.29, 0.717) is 5.41 Å². The second-order valence-corrected chi connectivity index (χ2v) is 5.58. The van der Waals surface area contributed by atoms with E-state index in [1.165, 1.54) is 16.8 Å². The molecule has 1 heterocycles. The van der Waals surface area contributed by atoms with Crippen LogP contribution in [0.3, 0.4) is 0 Å².